The molecule has 2 N–H and O–H groups in total. The predicted molar refractivity (Wildman–Crippen MR) is 58.5 cm³/mol. The minimum Gasteiger partial charge on any atom is -0.382 e. The number of pyridine rings is 1. The monoisotopic (exact) mass is 200 g/mol. The fourth-order valence-corrected chi connectivity index (χ4v) is 2.03. The van der Waals surface area contributed by atoms with Crippen LogP contribution in [0.5, 0.6) is 0 Å². The van der Waals surface area contributed by atoms with Crippen LogP contribution in [0.1, 0.15) is 5.56 Å². The molecule has 1 saturated heterocycles. The largest absolute Gasteiger partial charge is 0.382 e. The molecule has 0 atom stereocenters. The number of aromatic nitrogens is 1. The lowest BCUT2D eigenvalue weighted by atomic mass is 9.87. The standard InChI is InChI=1S/C12H12N2O/c15-12(7-13-8-12)10-5-1-3-9-4-2-6-14-11(9)10/h1-6,13,15H,7-8H2. The van der Waals surface area contributed by atoms with E-state index in [0.29, 0.717) is 13.1 Å². The minimum atomic E-state index is -0.728. The Hall–Kier alpha value is -1.45. The highest BCUT2D eigenvalue weighted by molar-refractivity contribution is 5.82. The van der Waals surface area contributed by atoms with Crippen molar-refractivity contribution in [3.8, 4) is 0 Å². The van der Waals surface area contributed by atoms with Gasteiger partial charge in [0, 0.05) is 30.2 Å². The summed E-state index contributed by atoms with van der Waals surface area (Å²) < 4.78 is 0. The molecule has 2 heterocycles. The molecule has 15 heavy (non-hydrogen) atoms. The van der Waals surface area contributed by atoms with Crippen molar-refractivity contribution in [2.75, 3.05) is 13.1 Å². The molecule has 0 unspecified atom stereocenters. The molecule has 0 saturated carbocycles. The van der Waals surface area contributed by atoms with Crippen LogP contribution in [0, 0.1) is 0 Å². The molecular weight excluding hydrogens is 188 g/mol. The maximum Gasteiger partial charge on any atom is 0.116 e. The fraction of sp³-hybridized carbons (Fsp3) is 0.250. The van der Waals surface area contributed by atoms with Gasteiger partial charge in [0.1, 0.15) is 5.60 Å². The molecule has 0 spiro atoms. The molecule has 3 heteroatoms. The Kier molecular flexibility index (Phi) is 1.78. The van der Waals surface area contributed by atoms with Gasteiger partial charge in [-0.2, -0.15) is 0 Å². The van der Waals surface area contributed by atoms with Crippen LogP contribution in [0.3, 0.4) is 0 Å². The number of hydrogen-bond acceptors (Lipinski definition) is 3. The summed E-state index contributed by atoms with van der Waals surface area (Å²) in [6.07, 6.45) is 1.77. The Morgan fingerprint density at radius 3 is 2.73 bits per heavy atom. The van der Waals surface area contributed by atoms with E-state index in [1.165, 1.54) is 0 Å². The van der Waals surface area contributed by atoms with Crippen molar-refractivity contribution >= 4 is 10.9 Å². The lowest BCUT2D eigenvalue weighted by molar-refractivity contribution is -0.0134. The number of nitrogens with one attached hydrogen (secondary N) is 1. The third-order valence-electron chi connectivity index (χ3n) is 2.97. The van der Waals surface area contributed by atoms with E-state index in [4.69, 9.17) is 0 Å². The van der Waals surface area contributed by atoms with Crippen LogP contribution in [0.25, 0.3) is 10.9 Å². The van der Waals surface area contributed by atoms with Crippen molar-refractivity contribution in [2.45, 2.75) is 5.60 Å². The van der Waals surface area contributed by atoms with Gasteiger partial charge >= 0.3 is 0 Å². The molecule has 0 radical (unpaired) electrons. The molecule has 0 bridgehead atoms. The zero-order valence-electron chi connectivity index (χ0n) is 8.27. The molecule has 76 valence electrons. The molecular formula is C12H12N2O. The molecule has 0 amide bonds. The second kappa shape index (κ2) is 3.02. The highest BCUT2D eigenvalue weighted by Gasteiger charge is 2.37. The first-order valence-corrected chi connectivity index (χ1v) is 5.07. The summed E-state index contributed by atoms with van der Waals surface area (Å²) >= 11 is 0. The number of aliphatic hydroxyl groups is 1. The van der Waals surface area contributed by atoms with Gasteiger partial charge in [-0.3, -0.25) is 4.98 Å². The minimum absolute atomic E-state index is 0.614. The van der Waals surface area contributed by atoms with Crippen molar-refractivity contribution in [3.05, 3.63) is 42.1 Å². The molecule has 1 aromatic heterocycles. The van der Waals surface area contributed by atoms with E-state index >= 15 is 0 Å². The predicted octanol–water partition coefficient (Wildman–Crippen LogP) is 1.03. The van der Waals surface area contributed by atoms with Crippen molar-refractivity contribution in [1.82, 2.24) is 10.3 Å². The zero-order chi connectivity index (χ0) is 10.3. The van der Waals surface area contributed by atoms with Crippen molar-refractivity contribution in [1.29, 1.82) is 0 Å². The van der Waals surface area contributed by atoms with E-state index in [1.807, 2.05) is 30.3 Å². The Balaban J connectivity index is 2.26. The average molecular weight is 200 g/mol. The van der Waals surface area contributed by atoms with Crippen LogP contribution in [0.2, 0.25) is 0 Å². The Bertz CT molecular complexity index is 500. The van der Waals surface area contributed by atoms with Crippen LogP contribution >= 0.6 is 0 Å². The van der Waals surface area contributed by atoms with Gasteiger partial charge in [0.25, 0.3) is 0 Å². The van der Waals surface area contributed by atoms with E-state index in [9.17, 15) is 5.11 Å². The van der Waals surface area contributed by atoms with Gasteiger partial charge < -0.3 is 10.4 Å². The normalized spacial score (nSPS) is 18.7. The highest BCUT2D eigenvalue weighted by Crippen LogP contribution is 2.30. The lowest BCUT2D eigenvalue weighted by Crippen LogP contribution is -2.56. The number of rotatable bonds is 1. The highest BCUT2D eigenvalue weighted by atomic mass is 16.3. The number of benzene rings is 1. The summed E-state index contributed by atoms with van der Waals surface area (Å²) in [5.74, 6) is 0. The molecule has 1 aliphatic heterocycles. The first-order chi connectivity index (χ1) is 7.30. The number of fused-ring (bicyclic) bond motifs is 1. The van der Waals surface area contributed by atoms with E-state index in [0.717, 1.165) is 16.5 Å². The van der Waals surface area contributed by atoms with Gasteiger partial charge in [-0.25, -0.2) is 0 Å². The topological polar surface area (TPSA) is 45.2 Å². The van der Waals surface area contributed by atoms with Gasteiger partial charge in [-0.05, 0) is 6.07 Å². The molecule has 2 aromatic rings. The fourth-order valence-electron chi connectivity index (χ4n) is 2.03. The van der Waals surface area contributed by atoms with E-state index in [-0.39, 0.29) is 0 Å². The second-order valence-corrected chi connectivity index (χ2v) is 4.02. The third-order valence-corrected chi connectivity index (χ3v) is 2.97. The van der Waals surface area contributed by atoms with Crippen molar-refractivity contribution in [3.63, 3.8) is 0 Å². The van der Waals surface area contributed by atoms with Crippen molar-refractivity contribution < 1.29 is 5.11 Å². The number of nitrogens with zero attached hydrogens (tertiary/aromatic N) is 1. The van der Waals surface area contributed by atoms with Gasteiger partial charge in [-0.1, -0.05) is 24.3 Å². The first kappa shape index (κ1) is 8.83. The molecule has 0 aliphatic carbocycles. The van der Waals surface area contributed by atoms with Crippen molar-refractivity contribution in [2.24, 2.45) is 0 Å². The van der Waals surface area contributed by atoms with Gasteiger partial charge in [0.2, 0.25) is 0 Å². The molecule has 1 aromatic carbocycles. The van der Waals surface area contributed by atoms with Crippen LogP contribution < -0.4 is 5.32 Å². The average Bonchev–Trinajstić information content (AvgIpc) is 2.25. The van der Waals surface area contributed by atoms with Gasteiger partial charge in [0.15, 0.2) is 0 Å². The lowest BCUT2D eigenvalue weighted by Gasteiger charge is -2.38. The Morgan fingerprint density at radius 2 is 2.00 bits per heavy atom. The van der Waals surface area contributed by atoms with Crippen LogP contribution in [0.15, 0.2) is 36.5 Å². The summed E-state index contributed by atoms with van der Waals surface area (Å²) in [7, 11) is 0. The molecule has 3 nitrogen and oxygen atoms in total. The van der Waals surface area contributed by atoms with Crippen LogP contribution in [-0.4, -0.2) is 23.2 Å². The van der Waals surface area contributed by atoms with E-state index in [1.54, 1.807) is 6.20 Å². The molecule has 3 rings (SSSR count). The number of β-amino-alcohol motifs (C(OH)–C–C–N with tert-alkyl or cyclic N) is 1. The number of hydrogen-bond donors (Lipinski definition) is 2. The maximum absolute atomic E-state index is 10.3. The van der Waals surface area contributed by atoms with E-state index < -0.39 is 5.60 Å². The smallest absolute Gasteiger partial charge is 0.116 e. The summed E-state index contributed by atoms with van der Waals surface area (Å²) in [5, 5.41) is 14.4. The Morgan fingerprint density at radius 1 is 1.20 bits per heavy atom. The summed E-state index contributed by atoms with van der Waals surface area (Å²) in [6.45, 7) is 1.23. The Labute approximate surface area is 87.8 Å². The zero-order valence-corrected chi connectivity index (χ0v) is 8.27. The third kappa shape index (κ3) is 1.24. The van der Waals surface area contributed by atoms with Crippen LogP contribution in [0.4, 0.5) is 0 Å². The SMILES string of the molecule is OC1(c2cccc3cccnc23)CNC1. The van der Waals surface area contributed by atoms with E-state index in [2.05, 4.69) is 10.3 Å². The second-order valence-electron chi connectivity index (χ2n) is 4.02. The summed E-state index contributed by atoms with van der Waals surface area (Å²) in [5.41, 5.74) is 1.11. The molecule has 1 aliphatic rings. The van der Waals surface area contributed by atoms with Crippen LogP contribution in [-0.2, 0) is 5.60 Å². The quantitative estimate of drug-likeness (QED) is 0.722. The number of para-hydroxylation sites is 1. The molecule has 1 fully saturated rings. The van der Waals surface area contributed by atoms with Gasteiger partial charge in [0.05, 0.1) is 5.52 Å². The maximum atomic E-state index is 10.3. The summed E-state index contributed by atoms with van der Waals surface area (Å²) in [4.78, 5) is 4.34. The van der Waals surface area contributed by atoms with Gasteiger partial charge in [-0.15, -0.1) is 0 Å². The summed E-state index contributed by atoms with van der Waals surface area (Å²) in [6, 6.07) is 9.86. The first-order valence-electron chi connectivity index (χ1n) is 5.07.